The SMILES string of the molecule is Br.CCON=S1C=C(CC(=O)OCC)N=C1N. The third-order valence-electron chi connectivity index (χ3n) is 1.61. The van der Waals surface area contributed by atoms with E-state index in [0.717, 1.165) is 0 Å². The van der Waals surface area contributed by atoms with Gasteiger partial charge in [-0.25, -0.2) is 9.83 Å². The summed E-state index contributed by atoms with van der Waals surface area (Å²) >= 11 is 0. The summed E-state index contributed by atoms with van der Waals surface area (Å²) in [5.41, 5.74) is 6.23. The Labute approximate surface area is 113 Å². The molecular formula is C9H16BrN3O3S. The average Bonchev–Trinajstić information content (AvgIpc) is 2.56. The van der Waals surface area contributed by atoms with E-state index in [2.05, 4.69) is 9.52 Å². The Morgan fingerprint density at radius 2 is 2.24 bits per heavy atom. The summed E-state index contributed by atoms with van der Waals surface area (Å²) in [7, 11) is -0.662. The molecule has 1 unspecified atom stereocenters. The fraction of sp³-hybridized carbons (Fsp3) is 0.556. The van der Waals surface area contributed by atoms with Gasteiger partial charge in [0.1, 0.15) is 0 Å². The predicted octanol–water partition coefficient (Wildman–Crippen LogP) is 1.44. The topological polar surface area (TPSA) is 86.3 Å². The number of rotatable bonds is 5. The molecule has 0 amide bonds. The lowest BCUT2D eigenvalue weighted by molar-refractivity contribution is -0.142. The number of ether oxygens (including phenoxy) is 1. The van der Waals surface area contributed by atoms with Crippen LogP contribution in [-0.4, -0.2) is 24.4 Å². The van der Waals surface area contributed by atoms with E-state index in [4.69, 9.17) is 15.3 Å². The summed E-state index contributed by atoms with van der Waals surface area (Å²) in [6, 6.07) is 0. The van der Waals surface area contributed by atoms with Gasteiger partial charge in [0, 0.05) is 16.1 Å². The molecule has 1 rings (SSSR count). The molecule has 0 fully saturated rings. The van der Waals surface area contributed by atoms with Crippen LogP contribution in [0.25, 0.3) is 0 Å². The second-order valence-electron chi connectivity index (χ2n) is 2.85. The largest absolute Gasteiger partial charge is 0.466 e. The van der Waals surface area contributed by atoms with E-state index in [1.54, 1.807) is 12.3 Å². The third kappa shape index (κ3) is 5.42. The first-order valence-electron chi connectivity index (χ1n) is 4.94. The van der Waals surface area contributed by atoms with Crippen molar-refractivity contribution in [2.75, 3.05) is 13.2 Å². The highest BCUT2D eigenvalue weighted by Crippen LogP contribution is 2.15. The van der Waals surface area contributed by atoms with Crippen LogP contribution in [0, 0.1) is 0 Å². The molecule has 0 spiro atoms. The molecule has 0 aromatic heterocycles. The Balaban J connectivity index is 0.00000256. The highest BCUT2D eigenvalue weighted by molar-refractivity contribution is 8.93. The fourth-order valence-electron chi connectivity index (χ4n) is 1.01. The molecule has 0 radical (unpaired) electrons. The van der Waals surface area contributed by atoms with Gasteiger partial charge in [-0.05, 0) is 13.8 Å². The van der Waals surface area contributed by atoms with Gasteiger partial charge >= 0.3 is 5.97 Å². The zero-order valence-corrected chi connectivity index (χ0v) is 12.2. The highest BCUT2D eigenvalue weighted by atomic mass is 79.9. The van der Waals surface area contributed by atoms with Crippen molar-refractivity contribution in [2.45, 2.75) is 20.3 Å². The van der Waals surface area contributed by atoms with Crippen molar-refractivity contribution in [3.63, 3.8) is 0 Å². The summed E-state index contributed by atoms with van der Waals surface area (Å²) in [5.74, 6) is -0.313. The number of amidine groups is 1. The maximum absolute atomic E-state index is 11.2. The molecule has 1 atom stereocenters. The van der Waals surface area contributed by atoms with Crippen molar-refractivity contribution < 1.29 is 14.4 Å². The van der Waals surface area contributed by atoms with Crippen molar-refractivity contribution >= 4 is 38.8 Å². The Bertz CT molecular complexity index is 368. The number of aliphatic imine (C=N–C) groups is 1. The van der Waals surface area contributed by atoms with E-state index in [-0.39, 0.29) is 29.4 Å². The van der Waals surface area contributed by atoms with Gasteiger partial charge in [0.25, 0.3) is 0 Å². The molecule has 1 aliphatic rings. The van der Waals surface area contributed by atoms with Gasteiger partial charge in [0.2, 0.25) is 0 Å². The summed E-state index contributed by atoms with van der Waals surface area (Å²) in [4.78, 5) is 20.1. The number of nitrogens with two attached hydrogens (primary N) is 1. The van der Waals surface area contributed by atoms with Gasteiger partial charge in [-0.3, -0.25) is 4.79 Å². The Kier molecular flexibility index (Phi) is 8.01. The minimum Gasteiger partial charge on any atom is -0.466 e. The van der Waals surface area contributed by atoms with Gasteiger partial charge in [-0.1, -0.05) is 4.53 Å². The van der Waals surface area contributed by atoms with E-state index >= 15 is 0 Å². The molecule has 0 aliphatic carbocycles. The average molecular weight is 326 g/mol. The highest BCUT2D eigenvalue weighted by Gasteiger charge is 2.15. The molecule has 0 aromatic carbocycles. The molecule has 17 heavy (non-hydrogen) atoms. The summed E-state index contributed by atoms with van der Waals surface area (Å²) in [6.45, 7) is 4.44. The fourth-order valence-corrected chi connectivity index (χ4v) is 2.08. The van der Waals surface area contributed by atoms with Crippen LogP contribution in [0.15, 0.2) is 20.6 Å². The predicted molar refractivity (Wildman–Crippen MR) is 72.7 cm³/mol. The van der Waals surface area contributed by atoms with Gasteiger partial charge in [0.05, 0.1) is 25.3 Å². The summed E-state index contributed by atoms with van der Waals surface area (Å²) < 4.78 is 8.68. The van der Waals surface area contributed by atoms with Crippen molar-refractivity contribution in [3.8, 4) is 0 Å². The molecule has 6 nitrogen and oxygen atoms in total. The lowest BCUT2D eigenvalue weighted by Crippen LogP contribution is -2.13. The number of halogens is 1. The molecule has 2 N–H and O–H groups in total. The Morgan fingerprint density at radius 3 is 2.82 bits per heavy atom. The zero-order chi connectivity index (χ0) is 12.0. The summed E-state index contributed by atoms with van der Waals surface area (Å²) in [6.07, 6.45) is 0.125. The number of carbonyl (C=O) groups excluding carboxylic acids is 1. The lowest BCUT2D eigenvalue weighted by Gasteiger charge is -1.98. The van der Waals surface area contributed by atoms with E-state index in [0.29, 0.717) is 24.1 Å². The Hall–Kier alpha value is -0.730. The van der Waals surface area contributed by atoms with Gasteiger partial charge in [-0.2, -0.15) is 0 Å². The van der Waals surface area contributed by atoms with Crippen LogP contribution in [0.2, 0.25) is 0 Å². The van der Waals surface area contributed by atoms with Gasteiger partial charge in [-0.15, -0.1) is 17.0 Å². The number of hydrogen-bond acceptors (Lipinski definition) is 6. The lowest BCUT2D eigenvalue weighted by atomic mass is 10.3. The zero-order valence-electron chi connectivity index (χ0n) is 9.71. The van der Waals surface area contributed by atoms with Crippen LogP contribution in [-0.2, 0) is 25.1 Å². The normalized spacial score (nSPS) is 18.4. The van der Waals surface area contributed by atoms with E-state index in [9.17, 15) is 4.79 Å². The molecule has 0 bridgehead atoms. The standard InChI is InChI=1S/C9H15N3O3S.BrH/c1-3-14-8(13)5-7-6-16(9(10)11-7)12-15-4-2;/h6H,3-5H2,1-2H3,(H2,10,11);1H. The number of nitrogens with zero attached hydrogens (tertiary/aromatic N) is 2. The first-order chi connectivity index (χ1) is 7.67. The van der Waals surface area contributed by atoms with E-state index in [1.807, 2.05) is 6.92 Å². The van der Waals surface area contributed by atoms with E-state index < -0.39 is 10.7 Å². The van der Waals surface area contributed by atoms with Crippen molar-refractivity contribution in [1.29, 1.82) is 0 Å². The van der Waals surface area contributed by atoms with Gasteiger partial charge in [0.15, 0.2) is 5.17 Å². The first kappa shape index (κ1) is 16.3. The molecule has 0 aromatic rings. The van der Waals surface area contributed by atoms with E-state index in [1.165, 1.54) is 0 Å². The number of hydrogen-bond donors (Lipinski definition) is 1. The molecule has 8 heteroatoms. The van der Waals surface area contributed by atoms with Crippen LogP contribution in [0.1, 0.15) is 20.3 Å². The third-order valence-corrected chi connectivity index (χ3v) is 2.89. The maximum atomic E-state index is 11.2. The molecular weight excluding hydrogens is 310 g/mol. The monoisotopic (exact) mass is 325 g/mol. The first-order valence-corrected chi connectivity index (χ1v) is 6.18. The Morgan fingerprint density at radius 1 is 1.53 bits per heavy atom. The smallest absolute Gasteiger partial charge is 0.311 e. The molecule has 98 valence electrons. The van der Waals surface area contributed by atoms with Crippen molar-refractivity contribution in [2.24, 2.45) is 15.3 Å². The van der Waals surface area contributed by atoms with Crippen molar-refractivity contribution in [3.05, 3.63) is 11.1 Å². The second-order valence-corrected chi connectivity index (χ2v) is 4.28. The second kappa shape index (κ2) is 8.37. The number of esters is 1. The number of carbonyl (C=O) groups is 1. The summed E-state index contributed by atoms with van der Waals surface area (Å²) in [5, 5.41) is 2.09. The van der Waals surface area contributed by atoms with Crippen LogP contribution >= 0.6 is 17.0 Å². The molecule has 0 saturated carbocycles. The maximum Gasteiger partial charge on any atom is 0.311 e. The van der Waals surface area contributed by atoms with Crippen LogP contribution in [0.4, 0.5) is 0 Å². The molecule has 1 aliphatic heterocycles. The van der Waals surface area contributed by atoms with Crippen molar-refractivity contribution in [1.82, 2.24) is 0 Å². The van der Waals surface area contributed by atoms with Crippen LogP contribution in [0.5, 0.6) is 0 Å². The van der Waals surface area contributed by atoms with Gasteiger partial charge < -0.3 is 10.5 Å². The molecule has 0 saturated heterocycles. The minimum absolute atomic E-state index is 0. The minimum atomic E-state index is -0.662. The van der Waals surface area contributed by atoms with Crippen LogP contribution in [0.3, 0.4) is 0 Å². The van der Waals surface area contributed by atoms with Crippen LogP contribution < -0.4 is 5.73 Å². The quantitative estimate of drug-likeness (QED) is 0.612. The molecule has 1 heterocycles.